The summed E-state index contributed by atoms with van der Waals surface area (Å²) in [5, 5.41) is 13.4. The van der Waals surface area contributed by atoms with E-state index in [0.717, 1.165) is 44.0 Å². The minimum Gasteiger partial charge on any atom is -0.369 e. The van der Waals surface area contributed by atoms with Gasteiger partial charge in [-0.05, 0) is 48.8 Å². The van der Waals surface area contributed by atoms with Crippen LogP contribution in [0.15, 0.2) is 18.2 Å². The number of benzene rings is 1. The van der Waals surface area contributed by atoms with Crippen molar-refractivity contribution in [2.24, 2.45) is 0 Å². The highest BCUT2D eigenvalue weighted by atomic mass is 35.5. The van der Waals surface area contributed by atoms with Crippen molar-refractivity contribution in [2.45, 2.75) is 13.8 Å². The highest BCUT2D eigenvalue weighted by molar-refractivity contribution is 7.11. The third kappa shape index (κ3) is 3.48. The summed E-state index contributed by atoms with van der Waals surface area (Å²) in [6.45, 7) is 9.74. The van der Waals surface area contributed by atoms with E-state index in [9.17, 15) is 5.26 Å². The summed E-state index contributed by atoms with van der Waals surface area (Å²) in [4.78, 5) is 4.89. The molecule has 1 aliphatic rings. The van der Waals surface area contributed by atoms with Crippen molar-refractivity contribution in [2.75, 3.05) is 42.9 Å². The van der Waals surface area contributed by atoms with Gasteiger partial charge in [-0.2, -0.15) is 9.64 Å². The van der Waals surface area contributed by atoms with Gasteiger partial charge in [-0.1, -0.05) is 18.5 Å². The van der Waals surface area contributed by atoms with E-state index in [1.165, 1.54) is 17.2 Å². The van der Waals surface area contributed by atoms with Crippen LogP contribution < -0.4 is 10.2 Å². The van der Waals surface area contributed by atoms with E-state index in [-0.39, 0.29) is 5.15 Å². The van der Waals surface area contributed by atoms with Crippen molar-refractivity contribution >= 4 is 39.5 Å². The number of piperazine rings is 1. The predicted molar refractivity (Wildman–Crippen MR) is 101 cm³/mol. The highest BCUT2D eigenvalue weighted by Gasteiger charge is 2.17. The first-order valence-electron chi connectivity index (χ1n) is 8.02. The number of likely N-dealkylation sites (N-methyl/N-ethyl adjacent to an activating group) is 1. The number of nitrogens with one attached hydrogen (secondary N) is 1. The normalized spacial score (nSPS) is 15.3. The Morgan fingerprint density at radius 2 is 2.08 bits per heavy atom. The molecule has 1 fully saturated rings. The molecule has 1 aliphatic heterocycles. The van der Waals surface area contributed by atoms with Crippen LogP contribution in [-0.2, 0) is 0 Å². The molecule has 0 unspecified atom stereocenters. The summed E-state index contributed by atoms with van der Waals surface area (Å²) in [5.74, 6) is 0. The van der Waals surface area contributed by atoms with E-state index < -0.39 is 0 Å². The third-order valence-corrected chi connectivity index (χ3v) is 5.54. The second-order valence-corrected chi connectivity index (χ2v) is 6.97. The lowest BCUT2D eigenvalue weighted by atomic mass is 10.1. The van der Waals surface area contributed by atoms with Crippen LogP contribution in [0.4, 0.5) is 16.4 Å². The lowest BCUT2D eigenvalue weighted by molar-refractivity contribution is 0.271. The molecule has 0 bridgehead atoms. The number of hydrogen-bond acceptors (Lipinski definition) is 6. The first-order valence-corrected chi connectivity index (χ1v) is 9.17. The third-order valence-electron chi connectivity index (χ3n) is 4.41. The largest absolute Gasteiger partial charge is 0.369 e. The molecular formula is C17H20ClN5S. The van der Waals surface area contributed by atoms with E-state index in [4.69, 9.17) is 11.6 Å². The van der Waals surface area contributed by atoms with Gasteiger partial charge in [0.1, 0.15) is 16.6 Å². The molecule has 126 valence electrons. The first-order chi connectivity index (χ1) is 11.6. The van der Waals surface area contributed by atoms with E-state index in [1.807, 2.05) is 0 Å². The summed E-state index contributed by atoms with van der Waals surface area (Å²) in [7, 11) is 0. The van der Waals surface area contributed by atoms with E-state index >= 15 is 0 Å². The van der Waals surface area contributed by atoms with Crippen LogP contribution in [0.1, 0.15) is 18.1 Å². The zero-order chi connectivity index (χ0) is 17.1. The summed E-state index contributed by atoms with van der Waals surface area (Å²) >= 11 is 7.14. The molecule has 2 aromatic rings. The van der Waals surface area contributed by atoms with Crippen LogP contribution in [-0.4, -0.2) is 42.0 Å². The van der Waals surface area contributed by atoms with Gasteiger partial charge in [0.25, 0.3) is 0 Å². The fourth-order valence-corrected chi connectivity index (χ4v) is 3.83. The van der Waals surface area contributed by atoms with Crippen molar-refractivity contribution in [3.63, 3.8) is 0 Å². The number of hydrogen-bond donors (Lipinski definition) is 1. The molecule has 0 atom stereocenters. The van der Waals surface area contributed by atoms with Gasteiger partial charge in [-0.25, -0.2) is 0 Å². The smallest absolute Gasteiger partial charge is 0.162 e. The maximum Gasteiger partial charge on any atom is 0.162 e. The molecule has 1 saturated heterocycles. The Hall–Kier alpha value is -1.81. The average molecular weight is 362 g/mol. The van der Waals surface area contributed by atoms with Crippen molar-refractivity contribution in [1.29, 1.82) is 5.26 Å². The van der Waals surface area contributed by atoms with Gasteiger partial charge in [0.2, 0.25) is 0 Å². The molecule has 0 radical (unpaired) electrons. The first kappa shape index (κ1) is 17.0. The van der Waals surface area contributed by atoms with E-state index in [2.05, 4.69) is 57.6 Å². The fraction of sp³-hybridized carbons (Fsp3) is 0.412. The number of aromatic nitrogens is 1. The molecule has 1 aromatic heterocycles. The molecule has 1 N–H and O–H groups in total. The number of halogens is 1. The molecule has 0 aliphatic carbocycles. The van der Waals surface area contributed by atoms with Crippen LogP contribution in [0.2, 0.25) is 5.15 Å². The Balaban J connectivity index is 1.74. The second-order valence-electron chi connectivity index (χ2n) is 5.83. The molecule has 24 heavy (non-hydrogen) atoms. The fourth-order valence-electron chi connectivity index (χ4n) is 2.88. The zero-order valence-electron chi connectivity index (χ0n) is 13.8. The lowest BCUT2D eigenvalue weighted by Gasteiger charge is -2.35. The van der Waals surface area contributed by atoms with Crippen molar-refractivity contribution in [3.05, 3.63) is 34.5 Å². The van der Waals surface area contributed by atoms with Crippen LogP contribution in [0, 0.1) is 18.3 Å². The number of rotatable bonds is 4. The van der Waals surface area contributed by atoms with Crippen LogP contribution in [0.5, 0.6) is 0 Å². The highest BCUT2D eigenvalue weighted by Crippen LogP contribution is 2.32. The molecule has 0 spiro atoms. The van der Waals surface area contributed by atoms with Gasteiger partial charge in [0.05, 0.1) is 0 Å². The lowest BCUT2D eigenvalue weighted by Crippen LogP contribution is -2.46. The number of nitriles is 1. The Morgan fingerprint density at radius 1 is 1.33 bits per heavy atom. The standard InChI is InChI=1S/C17H20ClN5S/c1-3-22-6-8-23(9-7-22)13-4-5-15(12(2)10-13)20-17-14(11-19)16(18)21-24-17/h4-5,10,20H,3,6-9H2,1-2H3. The minimum absolute atomic E-state index is 0.257. The molecule has 5 nitrogen and oxygen atoms in total. The van der Waals surface area contributed by atoms with Crippen molar-refractivity contribution in [3.8, 4) is 6.07 Å². The summed E-state index contributed by atoms with van der Waals surface area (Å²) < 4.78 is 4.03. The quantitative estimate of drug-likeness (QED) is 0.896. The summed E-state index contributed by atoms with van der Waals surface area (Å²) in [5.41, 5.74) is 3.76. The van der Waals surface area contributed by atoms with Crippen molar-refractivity contribution in [1.82, 2.24) is 9.27 Å². The molecule has 0 saturated carbocycles. The van der Waals surface area contributed by atoms with E-state index in [0.29, 0.717) is 10.6 Å². The Bertz CT molecular complexity index is 759. The average Bonchev–Trinajstić information content (AvgIpc) is 2.96. The van der Waals surface area contributed by atoms with Crippen LogP contribution in [0.3, 0.4) is 0 Å². The molecule has 0 amide bonds. The maximum absolute atomic E-state index is 9.17. The van der Waals surface area contributed by atoms with Gasteiger partial charge in [-0.15, -0.1) is 0 Å². The van der Waals surface area contributed by atoms with Gasteiger partial charge in [-0.3, -0.25) is 0 Å². The molecule has 2 heterocycles. The predicted octanol–water partition coefficient (Wildman–Crippen LogP) is 3.86. The van der Waals surface area contributed by atoms with Gasteiger partial charge in [0, 0.05) is 37.6 Å². The Kier molecular flexibility index (Phi) is 5.24. The van der Waals surface area contributed by atoms with Crippen LogP contribution in [0.25, 0.3) is 0 Å². The zero-order valence-corrected chi connectivity index (χ0v) is 15.4. The number of aryl methyl sites for hydroxylation is 1. The van der Waals surface area contributed by atoms with Gasteiger partial charge < -0.3 is 15.1 Å². The molecule has 3 rings (SSSR count). The summed E-state index contributed by atoms with van der Waals surface area (Å²) in [6.07, 6.45) is 0. The van der Waals surface area contributed by atoms with Gasteiger partial charge in [0.15, 0.2) is 5.15 Å². The maximum atomic E-state index is 9.17. The Morgan fingerprint density at radius 3 is 2.71 bits per heavy atom. The SMILES string of the molecule is CCN1CCN(c2ccc(Nc3snc(Cl)c3C#N)c(C)c2)CC1. The second kappa shape index (κ2) is 7.39. The van der Waals surface area contributed by atoms with Crippen LogP contribution >= 0.6 is 23.1 Å². The van der Waals surface area contributed by atoms with E-state index in [1.54, 1.807) is 0 Å². The van der Waals surface area contributed by atoms with Crippen molar-refractivity contribution < 1.29 is 0 Å². The molecule has 7 heteroatoms. The summed E-state index contributed by atoms with van der Waals surface area (Å²) in [6, 6.07) is 8.48. The Labute approximate surface area is 151 Å². The number of nitrogens with zero attached hydrogens (tertiary/aromatic N) is 4. The monoisotopic (exact) mass is 361 g/mol. The molecular weight excluding hydrogens is 342 g/mol. The topological polar surface area (TPSA) is 55.2 Å². The minimum atomic E-state index is 0.257. The number of anilines is 3. The molecule has 1 aromatic carbocycles. The van der Waals surface area contributed by atoms with Gasteiger partial charge >= 0.3 is 0 Å².